The first-order chi connectivity index (χ1) is 12.6. The van der Waals surface area contributed by atoms with Gasteiger partial charge in [-0.1, -0.05) is 72.3 Å². The van der Waals surface area contributed by atoms with Crippen molar-refractivity contribution < 1.29 is 14.3 Å². The molecular formula is C22H17ClO3. The van der Waals surface area contributed by atoms with Gasteiger partial charge in [-0.25, -0.2) is 4.79 Å². The van der Waals surface area contributed by atoms with Gasteiger partial charge in [0, 0.05) is 10.6 Å². The summed E-state index contributed by atoms with van der Waals surface area (Å²) in [5.74, 6) is -0.798. The highest BCUT2D eigenvalue weighted by Crippen LogP contribution is 2.16. The zero-order chi connectivity index (χ0) is 18.4. The van der Waals surface area contributed by atoms with E-state index in [0.717, 1.165) is 11.1 Å². The number of hydrogen-bond donors (Lipinski definition) is 0. The number of ether oxygens (including phenoxy) is 1. The van der Waals surface area contributed by atoms with Crippen molar-refractivity contribution in [3.8, 4) is 0 Å². The fourth-order valence-corrected chi connectivity index (χ4v) is 2.83. The molecule has 0 aliphatic carbocycles. The van der Waals surface area contributed by atoms with Gasteiger partial charge in [-0.05, 0) is 35.7 Å². The molecule has 26 heavy (non-hydrogen) atoms. The Morgan fingerprint density at radius 3 is 2.35 bits per heavy atom. The Labute approximate surface area is 157 Å². The highest BCUT2D eigenvalue weighted by atomic mass is 35.5. The predicted molar refractivity (Wildman–Crippen MR) is 102 cm³/mol. The zero-order valence-electron chi connectivity index (χ0n) is 14.0. The standard InChI is InChI=1S/C22H17ClO3/c23-19-11-6-10-18(14-19)21(24)15-26-22(25)20-12-5-4-9-17(20)13-16-7-2-1-3-8-16/h1-12,14H,13,15H2. The van der Waals surface area contributed by atoms with Crippen LogP contribution in [0, 0.1) is 0 Å². The van der Waals surface area contributed by atoms with Crippen molar-refractivity contribution >= 4 is 23.4 Å². The molecule has 4 heteroatoms. The second-order valence-corrected chi connectivity index (χ2v) is 6.27. The van der Waals surface area contributed by atoms with E-state index in [1.807, 2.05) is 42.5 Å². The summed E-state index contributed by atoms with van der Waals surface area (Å²) in [7, 11) is 0. The fraction of sp³-hybridized carbons (Fsp3) is 0.0909. The van der Waals surface area contributed by atoms with E-state index in [2.05, 4.69) is 0 Å². The average molecular weight is 365 g/mol. The van der Waals surface area contributed by atoms with Crippen LogP contribution in [0.2, 0.25) is 5.02 Å². The van der Waals surface area contributed by atoms with Crippen LogP contribution in [0.5, 0.6) is 0 Å². The van der Waals surface area contributed by atoms with Gasteiger partial charge in [0.05, 0.1) is 5.56 Å². The van der Waals surface area contributed by atoms with Crippen LogP contribution in [0.15, 0.2) is 78.9 Å². The van der Waals surface area contributed by atoms with Gasteiger partial charge in [-0.3, -0.25) is 4.79 Å². The number of Topliss-reactive ketones (excluding diaryl/α,β-unsaturated/α-hetero) is 1. The molecule has 130 valence electrons. The Bertz CT molecular complexity index is 919. The molecule has 3 rings (SSSR count). The van der Waals surface area contributed by atoms with E-state index in [1.165, 1.54) is 0 Å². The Kier molecular flexibility index (Phi) is 5.82. The maximum absolute atomic E-state index is 12.5. The minimum absolute atomic E-state index is 0.290. The van der Waals surface area contributed by atoms with Crippen LogP contribution in [0.1, 0.15) is 31.8 Å². The molecule has 0 saturated heterocycles. The molecule has 3 aromatic rings. The van der Waals surface area contributed by atoms with E-state index in [4.69, 9.17) is 16.3 Å². The Hall–Kier alpha value is -2.91. The van der Waals surface area contributed by atoms with Gasteiger partial charge < -0.3 is 4.74 Å². The van der Waals surface area contributed by atoms with E-state index < -0.39 is 5.97 Å². The highest BCUT2D eigenvalue weighted by Gasteiger charge is 2.15. The third-order valence-electron chi connectivity index (χ3n) is 3.96. The molecule has 0 radical (unpaired) electrons. The maximum atomic E-state index is 12.5. The van der Waals surface area contributed by atoms with Crippen LogP contribution < -0.4 is 0 Å². The first kappa shape index (κ1) is 17.9. The van der Waals surface area contributed by atoms with Crippen LogP contribution >= 0.6 is 11.6 Å². The van der Waals surface area contributed by atoms with Gasteiger partial charge in [-0.2, -0.15) is 0 Å². The molecule has 3 nitrogen and oxygen atoms in total. The lowest BCUT2D eigenvalue weighted by Gasteiger charge is -2.10. The molecule has 0 N–H and O–H groups in total. The van der Waals surface area contributed by atoms with E-state index >= 15 is 0 Å². The summed E-state index contributed by atoms with van der Waals surface area (Å²) in [5, 5.41) is 0.468. The van der Waals surface area contributed by atoms with Gasteiger partial charge >= 0.3 is 5.97 Å². The number of halogens is 1. The van der Waals surface area contributed by atoms with Gasteiger partial charge in [0.15, 0.2) is 12.4 Å². The molecule has 0 atom stereocenters. The molecule has 0 saturated carbocycles. The molecule has 0 heterocycles. The van der Waals surface area contributed by atoms with Crippen molar-refractivity contribution in [2.75, 3.05) is 6.61 Å². The van der Waals surface area contributed by atoms with Crippen molar-refractivity contribution in [1.29, 1.82) is 0 Å². The average Bonchev–Trinajstić information content (AvgIpc) is 2.67. The van der Waals surface area contributed by atoms with Crippen LogP contribution in [-0.2, 0) is 11.2 Å². The monoisotopic (exact) mass is 364 g/mol. The van der Waals surface area contributed by atoms with E-state index in [-0.39, 0.29) is 12.4 Å². The van der Waals surface area contributed by atoms with Gasteiger partial charge in [0.1, 0.15) is 0 Å². The largest absolute Gasteiger partial charge is 0.454 e. The number of carbonyl (C=O) groups is 2. The Morgan fingerprint density at radius 1 is 0.846 bits per heavy atom. The van der Waals surface area contributed by atoms with E-state index in [0.29, 0.717) is 22.6 Å². The quantitative estimate of drug-likeness (QED) is 0.458. The lowest BCUT2D eigenvalue weighted by Crippen LogP contribution is -2.15. The summed E-state index contributed by atoms with van der Waals surface area (Å²) >= 11 is 5.89. The smallest absolute Gasteiger partial charge is 0.338 e. The third kappa shape index (κ3) is 4.58. The summed E-state index contributed by atoms with van der Waals surface area (Å²) in [6.45, 7) is -0.321. The van der Waals surface area contributed by atoms with E-state index in [9.17, 15) is 9.59 Å². The molecule has 0 fully saturated rings. The minimum Gasteiger partial charge on any atom is -0.454 e. The summed E-state index contributed by atoms with van der Waals surface area (Å²) < 4.78 is 5.23. The van der Waals surface area contributed by atoms with Crippen molar-refractivity contribution in [2.24, 2.45) is 0 Å². The number of ketones is 1. The van der Waals surface area contributed by atoms with Gasteiger partial charge in [-0.15, -0.1) is 0 Å². The molecule has 0 amide bonds. The van der Waals surface area contributed by atoms with Crippen LogP contribution in [0.4, 0.5) is 0 Å². The molecule has 0 aliphatic heterocycles. The van der Waals surface area contributed by atoms with Gasteiger partial charge in [0.2, 0.25) is 0 Å². The molecule has 0 aromatic heterocycles. The summed E-state index contributed by atoms with van der Waals surface area (Å²) in [5.41, 5.74) is 2.85. The summed E-state index contributed by atoms with van der Waals surface area (Å²) in [4.78, 5) is 24.6. The summed E-state index contributed by atoms with van der Waals surface area (Å²) in [6, 6.07) is 23.7. The zero-order valence-corrected chi connectivity index (χ0v) is 14.8. The summed E-state index contributed by atoms with van der Waals surface area (Å²) in [6.07, 6.45) is 0.619. The van der Waals surface area contributed by atoms with Crippen molar-refractivity contribution in [3.05, 3.63) is 106 Å². The van der Waals surface area contributed by atoms with Gasteiger partial charge in [0.25, 0.3) is 0 Å². The normalized spacial score (nSPS) is 10.3. The lowest BCUT2D eigenvalue weighted by atomic mass is 10.00. The number of hydrogen-bond acceptors (Lipinski definition) is 3. The second kappa shape index (κ2) is 8.45. The number of benzene rings is 3. The molecule has 3 aromatic carbocycles. The maximum Gasteiger partial charge on any atom is 0.338 e. The number of carbonyl (C=O) groups excluding carboxylic acids is 2. The fourth-order valence-electron chi connectivity index (χ4n) is 2.64. The lowest BCUT2D eigenvalue weighted by molar-refractivity contribution is 0.0474. The molecule has 0 unspecified atom stereocenters. The first-order valence-corrected chi connectivity index (χ1v) is 8.59. The highest BCUT2D eigenvalue weighted by molar-refractivity contribution is 6.31. The molecule has 0 aliphatic rings. The SMILES string of the molecule is O=C(COC(=O)c1ccccc1Cc1ccccc1)c1cccc(Cl)c1. The van der Waals surface area contributed by atoms with Crippen molar-refractivity contribution in [2.45, 2.75) is 6.42 Å². The Balaban J connectivity index is 1.69. The first-order valence-electron chi connectivity index (χ1n) is 8.21. The van der Waals surface area contributed by atoms with Crippen molar-refractivity contribution in [3.63, 3.8) is 0 Å². The molecule has 0 bridgehead atoms. The Morgan fingerprint density at radius 2 is 1.58 bits per heavy atom. The number of esters is 1. The van der Waals surface area contributed by atoms with Crippen LogP contribution in [0.25, 0.3) is 0 Å². The third-order valence-corrected chi connectivity index (χ3v) is 4.19. The predicted octanol–water partition coefficient (Wildman–Crippen LogP) is 4.97. The molecular weight excluding hydrogens is 348 g/mol. The second-order valence-electron chi connectivity index (χ2n) is 5.83. The van der Waals surface area contributed by atoms with E-state index in [1.54, 1.807) is 36.4 Å². The van der Waals surface area contributed by atoms with Crippen molar-refractivity contribution in [1.82, 2.24) is 0 Å². The topological polar surface area (TPSA) is 43.4 Å². The molecule has 0 spiro atoms. The van der Waals surface area contributed by atoms with Crippen LogP contribution in [0.3, 0.4) is 0 Å². The minimum atomic E-state index is -0.507. The number of rotatable bonds is 6. The van der Waals surface area contributed by atoms with Crippen LogP contribution in [-0.4, -0.2) is 18.4 Å².